The molecule has 0 aliphatic rings. The number of nitro groups is 2. The Morgan fingerprint density at radius 1 is 1.07 bits per heavy atom. The molecule has 0 atom stereocenters. The Labute approximate surface area is 104 Å². The molecule has 0 unspecified atom stereocenters. The summed E-state index contributed by atoms with van der Waals surface area (Å²) >= 11 is 5.96. The fourth-order valence-corrected chi connectivity index (χ4v) is 0.720. The Morgan fingerprint density at radius 2 is 1.40 bits per heavy atom. The highest BCUT2D eigenvalue weighted by Gasteiger charge is 2.11. The van der Waals surface area contributed by atoms with Gasteiger partial charge in [0, 0.05) is 41.8 Å². The summed E-state index contributed by atoms with van der Waals surface area (Å²) in [6.45, 7) is 0. The van der Waals surface area contributed by atoms with Gasteiger partial charge in [-0.15, -0.1) is 0 Å². The van der Waals surface area contributed by atoms with Crippen molar-refractivity contribution in [2.24, 2.45) is 0 Å². The van der Waals surface area contributed by atoms with Gasteiger partial charge in [0.1, 0.15) is 0 Å². The van der Waals surface area contributed by atoms with E-state index in [9.17, 15) is 20.2 Å². The molecule has 0 amide bonds. The molecule has 1 aromatic carbocycles. The summed E-state index contributed by atoms with van der Waals surface area (Å²) in [6, 6.07) is 4.59. The van der Waals surface area contributed by atoms with Crippen molar-refractivity contribution < 1.29 is 9.85 Å². The van der Waals surface area contributed by atoms with Crippen molar-refractivity contribution in [3.63, 3.8) is 0 Å². The van der Waals surface area contributed by atoms with Gasteiger partial charge in [0.15, 0.2) is 0 Å². The molecule has 0 aliphatic heterocycles. The van der Waals surface area contributed by atoms with Crippen molar-refractivity contribution >= 4 is 49.6 Å². The number of benzene rings is 1. The molecular formula is C6H4Br2N2O4S. The molecule has 0 spiro atoms. The third-order valence-corrected chi connectivity index (χ3v) is 1.25. The monoisotopic (exact) mass is 358 g/mol. The molecule has 1 rings (SSSR count). The molecule has 0 N–H and O–H groups in total. The Bertz CT molecular complexity index is 333. The molecule has 0 saturated carbocycles. The molecule has 1 aromatic rings. The van der Waals surface area contributed by atoms with Gasteiger partial charge < -0.3 is 0 Å². The highest BCUT2D eigenvalue weighted by Crippen LogP contribution is 2.18. The lowest BCUT2D eigenvalue weighted by Gasteiger charge is -1.90. The van der Waals surface area contributed by atoms with Crippen molar-refractivity contribution in [3.8, 4) is 0 Å². The summed E-state index contributed by atoms with van der Waals surface area (Å²) in [5.74, 6) is 0. The van der Waals surface area contributed by atoms with E-state index in [0.29, 0.717) is 0 Å². The van der Waals surface area contributed by atoms with Crippen LogP contribution in [0.2, 0.25) is 0 Å². The highest BCUT2D eigenvalue weighted by atomic mass is 79.9. The largest absolute Gasteiger partial charge is 0.276 e. The van der Waals surface area contributed by atoms with Crippen LogP contribution in [0.15, 0.2) is 24.3 Å². The number of halogens is 2. The number of nitrogens with zero attached hydrogens (tertiary/aromatic N) is 2. The Kier molecular flexibility index (Phi) is 7.26. The second kappa shape index (κ2) is 7.60. The maximum absolute atomic E-state index is 10.2. The zero-order valence-electron chi connectivity index (χ0n) is 7.00. The van der Waals surface area contributed by atoms with Gasteiger partial charge in [-0.25, -0.2) is 0 Å². The smallest absolute Gasteiger partial charge is 0.258 e. The van der Waals surface area contributed by atoms with Crippen LogP contribution < -0.4 is 0 Å². The summed E-state index contributed by atoms with van der Waals surface area (Å²) < 4.78 is 0. The third-order valence-electron chi connectivity index (χ3n) is 1.25. The minimum atomic E-state index is -0.674. The average molecular weight is 360 g/mol. The summed E-state index contributed by atoms with van der Waals surface area (Å²) in [5.41, 5.74) is -0.548. The van der Waals surface area contributed by atoms with Crippen LogP contribution in [0.25, 0.3) is 0 Å². The van der Waals surface area contributed by atoms with Crippen molar-refractivity contribution in [2.45, 2.75) is 0 Å². The summed E-state index contributed by atoms with van der Waals surface area (Å²) in [5, 5.41) is 20.3. The predicted molar refractivity (Wildman–Crippen MR) is 65.2 cm³/mol. The maximum atomic E-state index is 10.2. The number of rotatable bonds is 2. The van der Waals surface area contributed by atoms with E-state index >= 15 is 0 Å². The average Bonchev–Trinajstić information content (AvgIpc) is 2.19. The van der Waals surface area contributed by atoms with E-state index in [1.165, 1.54) is 26.8 Å². The first-order valence-corrected chi connectivity index (χ1v) is 7.81. The van der Waals surface area contributed by atoms with Crippen LogP contribution in [0, 0.1) is 20.2 Å². The standard InChI is InChI=1S/C6H4N2O4.Br2S/c9-7(10)5-2-1-3-6(4-5)8(11)12;1-3-2/h1-4H;. The lowest BCUT2D eigenvalue weighted by Crippen LogP contribution is -1.91. The molecule has 6 nitrogen and oxygen atoms in total. The van der Waals surface area contributed by atoms with Crippen molar-refractivity contribution in [1.82, 2.24) is 0 Å². The Morgan fingerprint density at radius 3 is 1.67 bits per heavy atom. The molecular weight excluding hydrogens is 356 g/mol. The number of nitro benzene ring substituents is 2. The second-order valence-electron chi connectivity index (χ2n) is 2.09. The van der Waals surface area contributed by atoms with Gasteiger partial charge in [-0.1, -0.05) is 0 Å². The zero-order valence-corrected chi connectivity index (χ0v) is 11.0. The molecule has 0 bridgehead atoms. The summed E-state index contributed by atoms with van der Waals surface area (Å²) in [7, 11) is 1.38. The minimum Gasteiger partial charge on any atom is -0.258 e. The van der Waals surface area contributed by atoms with Crippen molar-refractivity contribution in [2.75, 3.05) is 0 Å². The lowest BCUT2D eigenvalue weighted by atomic mass is 10.3. The van der Waals surface area contributed by atoms with Crippen molar-refractivity contribution in [3.05, 3.63) is 44.5 Å². The van der Waals surface area contributed by atoms with E-state index < -0.39 is 9.85 Å². The molecule has 0 heterocycles. The van der Waals surface area contributed by atoms with Crippen LogP contribution in [0.4, 0.5) is 11.4 Å². The van der Waals surface area contributed by atoms with Gasteiger partial charge in [-0.2, -0.15) is 0 Å². The molecule has 9 heteroatoms. The Hall–Kier alpha value is -0.670. The van der Waals surface area contributed by atoms with E-state index in [0.717, 1.165) is 6.07 Å². The van der Waals surface area contributed by atoms with E-state index in [1.807, 2.05) is 0 Å². The van der Waals surface area contributed by atoms with E-state index in [1.54, 1.807) is 0 Å². The molecule has 82 valence electrons. The first kappa shape index (κ1) is 14.3. The number of non-ortho nitro benzene ring substituents is 2. The van der Waals surface area contributed by atoms with E-state index in [-0.39, 0.29) is 11.4 Å². The van der Waals surface area contributed by atoms with Crippen LogP contribution >= 0.6 is 38.3 Å². The molecule has 0 radical (unpaired) electrons. The van der Waals surface area contributed by atoms with Gasteiger partial charge in [0.05, 0.1) is 15.9 Å². The summed E-state index contributed by atoms with van der Waals surface area (Å²) in [4.78, 5) is 19.0. The SMILES string of the molecule is BrSBr.O=[N+]([O-])c1cccc([N+](=O)[O-])c1. The van der Waals surface area contributed by atoms with Crippen LogP contribution in [0.3, 0.4) is 0 Å². The van der Waals surface area contributed by atoms with Gasteiger partial charge in [-0.05, 0) is 14.7 Å². The maximum Gasteiger partial charge on any atom is 0.276 e. The van der Waals surface area contributed by atoms with E-state index in [2.05, 4.69) is 29.6 Å². The van der Waals surface area contributed by atoms with Gasteiger partial charge in [0.2, 0.25) is 0 Å². The fraction of sp³-hybridized carbons (Fsp3) is 0. The Balaban J connectivity index is 0.000000583. The quantitative estimate of drug-likeness (QED) is 0.591. The molecule has 15 heavy (non-hydrogen) atoms. The van der Waals surface area contributed by atoms with Crippen LogP contribution in [0.5, 0.6) is 0 Å². The van der Waals surface area contributed by atoms with Crippen LogP contribution in [0.1, 0.15) is 0 Å². The third kappa shape index (κ3) is 5.70. The zero-order chi connectivity index (χ0) is 11.8. The highest BCUT2D eigenvalue weighted by molar-refractivity contribution is 9.82. The molecule has 0 aliphatic carbocycles. The van der Waals surface area contributed by atoms with Crippen LogP contribution in [-0.4, -0.2) is 9.85 Å². The van der Waals surface area contributed by atoms with Gasteiger partial charge in [0.25, 0.3) is 11.4 Å². The van der Waals surface area contributed by atoms with Gasteiger partial charge >= 0.3 is 0 Å². The second-order valence-corrected chi connectivity index (χ2v) is 6.76. The summed E-state index contributed by atoms with van der Waals surface area (Å²) in [6.07, 6.45) is 0. The molecule has 0 aromatic heterocycles. The first-order chi connectivity index (χ1) is 7.02. The molecule has 0 fully saturated rings. The van der Waals surface area contributed by atoms with Crippen molar-refractivity contribution in [1.29, 1.82) is 0 Å². The van der Waals surface area contributed by atoms with E-state index in [4.69, 9.17) is 0 Å². The minimum absolute atomic E-state index is 0.274. The van der Waals surface area contributed by atoms with Crippen LogP contribution in [-0.2, 0) is 0 Å². The first-order valence-electron chi connectivity index (χ1n) is 3.31. The predicted octanol–water partition coefficient (Wildman–Crippen LogP) is 3.84. The lowest BCUT2D eigenvalue weighted by molar-refractivity contribution is -0.394. The number of hydrogen-bond donors (Lipinski definition) is 0. The number of hydrogen-bond acceptors (Lipinski definition) is 5. The molecule has 0 saturated heterocycles. The van der Waals surface area contributed by atoms with Gasteiger partial charge in [-0.3, -0.25) is 20.2 Å². The fourth-order valence-electron chi connectivity index (χ4n) is 0.720. The normalized spacial score (nSPS) is 8.67. The topological polar surface area (TPSA) is 86.3 Å².